The Morgan fingerprint density at radius 3 is 2.69 bits per heavy atom. The van der Waals surface area contributed by atoms with Gasteiger partial charge in [0.15, 0.2) is 5.76 Å². The molecule has 3 heterocycles. The van der Waals surface area contributed by atoms with E-state index in [0.29, 0.717) is 18.8 Å². The molecule has 1 aliphatic rings. The summed E-state index contributed by atoms with van der Waals surface area (Å²) in [5.74, 6) is -0.278. The predicted molar refractivity (Wildman–Crippen MR) is 134 cm³/mol. The Bertz CT molecular complexity index is 1450. The lowest BCUT2D eigenvalue weighted by Gasteiger charge is -2.29. The third-order valence-corrected chi connectivity index (χ3v) is 6.74. The standard InChI is InChI=1S/C28H28N2O6/c1-34-16-19-13-25(31)27(33)28(36-19)22(17-7-9-18(35-2)10-8-17)14-26(32)30-12-11-21-20-5-3-4-6-23(20)29-24(21)15-30/h3-10,13,22,29,33H,11-12,14-16H2,1-2H3/t22-/m0/s1. The largest absolute Gasteiger partial charge is 0.502 e. The summed E-state index contributed by atoms with van der Waals surface area (Å²) in [4.78, 5) is 31.3. The highest BCUT2D eigenvalue weighted by Crippen LogP contribution is 2.35. The van der Waals surface area contributed by atoms with E-state index >= 15 is 0 Å². The number of hydrogen-bond donors (Lipinski definition) is 2. The van der Waals surface area contributed by atoms with Gasteiger partial charge in [-0.1, -0.05) is 30.3 Å². The Kier molecular flexibility index (Phi) is 6.52. The lowest BCUT2D eigenvalue weighted by atomic mass is 9.91. The molecule has 0 radical (unpaired) electrons. The number of methoxy groups -OCH3 is 2. The fraction of sp³-hybridized carbons (Fsp3) is 0.286. The van der Waals surface area contributed by atoms with Gasteiger partial charge in [0.2, 0.25) is 17.1 Å². The third kappa shape index (κ3) is 4.47. The molecule has 0 unspecified atom stereocenters. The number of amides is 1. The van der Waals surface area contributed by atoms with Gasteiger partial charge in [-0.3, -0.25) is 9.59 Å². The van der Waals surface area contributed by atoms with E-state index in [4.69, 9.17) is 13.9 Å². The topological polar surface area (TPSA) is 105 Å². The van der Waals surface area contributed by atoms with Crippen molar-refractivity contribution in [2.75, 3.05) is 20.8 Å². The number of carbonyl (C=O) groups excluding carboxylic acids is 1. The minimum atomic E-state index is -0.669. The van der Waals surface area contributed by atoms with E-state index in [1.807, 2.05) is 35.2 Å². The van der Waals surface area contributed by atoms with Crippen LogP contribution in [-0.4, -0.2) is 41.7 Å². The maximum Gasteiger partial charge on any atom is 0.227 e. The van der Waals surface area contributed by atoms with Crippen molar-refractivity contribution < 1.29 is 23.8 Å². The van der Waals surface area contributed by atoms with Gasteiger partial charge in [-0.05, 0) is 35.7 Å². The SMILES string of the molecule is COCc1cc(=O)c(O)c([C@@H](CC(=O)N2CCc3c([nH]c4ccccc34)C2)c2ccc(OC)cc2)o1. The van der Waals surface area contributed by atoms with Crippen LogP contribution in [-0.2, 0) is 29.1 Å². The van der Waals surface area contributed by atoms with Gasteiger partial charge in [-0.15, -0.1) is 0 Å². The average molecular weight is 489 g/mol. The Morgan fingerprint density at radius 1 is 1.17 bits per heavy atom. The summed E-state index contributed by atoms with van der Waals surface area (Å²) in [7, 11) is 3.06. The summed E-state index contributed by atoms with van der Waals surface area (Å²) in [6.07, 6.45) is 0.775. The maximum absolute atomic E-state index is 13.6. The van der Waals surface area contributed by atoms with Crippen LogP contribution in [0.15, 0.2) is 63.8 Å². The van der Waals surface area contributed by atoms with E-state index in [9.17, 15) is 14.7 Å². The second-order valence-corrected chi connectivity index (χ2v) is 8.95. The van der Waals surface area contributed by atoms with Crippen LogP contribution in [0, 0.1) is 0 Å². The molecule has 1 atom stereocenters. The number of nitrogens with zero attached hydrogens (tertiary/aromatic N) is 1. The summed E-state index contributed by atoms with van der Waals surface area (Å²) in [6.45, 7) is 1.13. The number of fused-ring (bicyclic) bond motifs is 3. The van der Waals surface area contributed by atoms with Crippen LogP contribution in [0.3, 0.4) is 0 Å². The van der Waals surface area contributed by atoms with E-state index < -0.39 is 17.1 Å². The number of aromatic amines is 1. The number of hydrogen-bond acceptors (Lipinski definition) is 6. The zero-order valence-corrected chi connectivity index (χ0v) is 20.2. The monoisotopic (exact) mass is 488 g/mol. The molecule has 0 saturated carbocycles. The highest BCUT2D eigenvalue weighted by molar-refractivity contribution is 5.86. The Hall–Kier alpha value is -4.04. The number of ether oxygens (including phenoxy) is 2. The van der Waals surface area contributed by atoms with E-state index in [-0.39, 0.29) is 30.5 Å². The second-order valence-electron chi connectivity index (χ2n) is 8.95. The van der Waals surface area contributed by atoms with Gasteiger partial charge >= 0.3 is 0 Å². The predicted octanol–water partition coefficient (Wildman–Crippen LogP) is 4.09. The first-order valence-corrected chi connectivity index (χ1v) is 11.8. The molecular formula is C28H28N2O6. The van der Waals surface area contributed by atoms with E-state index in [0.717, 1.165) is 23.2 Å². The molecule has 1 amide bonds. The summed E-state index contributed by atoms with van der Waals surface area (Å²) in [6, 6.07) is 16.5. The molecule has 5 rings (SSSR count). The lowest BCUT2D eigenvalue weighted by molar-refractivity contribution is -0.132. The van der Waals surface area contributed by atoms with Crippen molar-refractivity contribution in [2.45, 2.75) is 31.9 Å². The summed E-state index contributed by atoms with van der Waals surface area (Å²) in [5.41, 5.74) is 3.50. The Morgan fingerprint density at radius 2 is 1.94 bits per heavy atom. The molecular weight excluding hydrogens is 460 g/mol. The molecule has 186 valence electrons. The molecule has 0 spiro atoms. The number of aromatic hydroxyl groups is 1. The van der Waals surface area contributed by atoms with Crippen LogP contribution in [0.25, 0.3) is 10.9 Å². The van der Waals surface area contributed by atoms with Gasteiger partial charge in [-0.2, -0.15) is 0 Å². The van der Waals surface area contributed by atoms with Crippen molar-refractivity contribution in [2.24, 2.45) is 0 Å². The number of nitrogens with one attached hydrogen (secondary N) is 1. The molecule has 0 saturated heterocycles. The maximum atomic E-state index is 13.6. The quantitative estimate of drug-likeness (QED) is 0.406. The van der Waals surface area contributed by atoms with Crippen molar-refractivity contribution in [3.05, 3.63) is 93.2 Å². The van der Waals surface area contributed by atoms with Crippen LogP contribution in [0.2, 0.25) is 0 Å². The molecule has 8 heteroatoms. The van der Waals surface area contributed by atoms with Crippen molar-refractivity contribution >= 4 is 16.8 Å². The van der Waals surface area contributed by atoms with E-state index in [1.165, 1.54) is 24.1 Å². The Labute approximate surface area is 208 Å². The first-order valence-electron chi connectivity index (χ1n) is 11.8. The van der Waals surface area contributed by atoms with Crippen molar-refractivity contribution in [1.29, 1.82) is 0 Å². The van der Waals surface area contributed by atoms with Crippen LogP contribution in [0.4, 0.5) is 0 Å². The molecule has 36 heavy (non-hydrogen) atoms. The lowest BCUT2D eigenvalue weighted by Crippen LogP contribution is -2.36. The number of carbonyl (C=O) groups is 1. The summed E-state index contributed by atoms with van der Waals surface area (Å²) in [5, 5.41) is 11.8. The number of aromatic nitrogens is 1. The molecule has 8 nitrogen and oxygen atoms in total. The van der Waals surface area contributed by atoms with Crippen LogP contribution in [0.1, 0.15) is 40.7 Å². The van der Waals surface area contributed by atoms with Crippen molar-refractivity contribution in [3.8, 4) is 11.5 Å². The molecule has 0 bridgehead atoms. The van der Waals surface area contributed by atoms with Gasteiger partial charge in [0.05, 0.1) is 19.6 Å². The third-order valence-electron chi connectivity index (χ3n) is 6.74. The molecule has 4 aromatic rings. The van der Waals surface area contributed by atoms with Crippen molar-refractivity contribution in [1.82, 2.24) is 9.88 Å². The molecule has 2 aromatic heterocycles. The number of benzene rings is 2. The van der Waals surface area contributed by atoms with Gasteiger partial charge in [0, 0.05) is 42.7 Å². The Balaban J connectivity index is 1.47. The van der Waals surface area contributed by atoms with Gasteiger partial charge in [0.1, 0.15) is 18.1 Å². The zero-order chi connectivity index (χ0) is 25.2. The van der Waals surface area contributed by atoms with Crippen molar-refractivity contribution in [3.63, 3.8) is 0 Å². The summed E-state index contributed by atoms with van der Waals surface area (Å²) < 4.78 is 16.3. The highest BCUT2D eigenvalue weighted by atomic mass is 16.5. The number of H-pyrrole nitrogens is 1. The molecule has 0 fully saturated rings. The average Bonchev–Trinajstić information content (AvgIpc) is 3.27. The first kappa shape index (κ1) is 23.7. The number of para-hydroxylation sites is 1. The molecule has 0 aliphatic carbocycles. The molecule has 2 N–H and O–H groups in total. The fourth-order valence-electron chi connectivity index (χ4n) is 4.91. The first-order chi connectivity index (χ1) is 17.5. The van der Waals surface area contributed by atoms with E-state index in [1.54, 1.807) is 19.2 Å². The molecule has 2 aromatic carbocycles. The van der Waals surface area contributed by atoms with Crippen LogP contribution < -0.4 is 10.2 Å². The minimum Gasteiger partial charge on any atom is -0.502 e. The highest BCUT2D eigenvalue weighted by Gasteiger charge is 2.30. The van der Waals surface area contributed by atoms with E-state index in [2.05, 4.69) is 11.1 Å². The second kappa shape index (κ2) is 9.91. The van der Waals surface area contributed by atoms with Gasteiger partial charge in [-0.25, -0.2) is 0 Å². The van der Waals surface area contributed by atoms with Crippen LogP contribution in [0.5, 0.6) is 11.5 Å². The number of rotatable bonds is 7. The van der Waals surface area contributed by atoms with Crippen LogP contribution >= 0.6 is 0 Å². The van der Waals surface area contributed by atoms with Gasteiger partial charge < -0.3 is 28.9 Å². The fourth-order valence-corrected chi connectivity index (χ4v) is 4.91. The van der Waals surface area contributed by atoms with Gasteiger partial charge in [0.25, 0.3) is 0 Å². The summed E-state index contributed by atoms with van der Waals surface area (Å²) >= 11 is 0. The molecule has 1 aliphatic heterocycles. The smallest absolute Gasteiger partial charge is 0.227 e. The minimum absolute atomic E-state index is 0.0226. The normalized spacial score (nSPS) is 14.0. The zero-order valence-electron chi connectivity index (χ0n) is 20.2.